The monoisotopic (exact) mass is 318 g/mol. The molecule has 0 heterocycles. The van der Waals surface area contributed by atoms with Crippen LogP contribution in [-0.2, 0) is 11.2 Å². The molecule has 0 saturated heterocycles. The van der Waals surface area contributed by atoms with E-state index in [-0.39, 0.29) is 5.91 Å². The second kappa shape index (κ2) is 5.89. The van der Waals surface area contributed by atoms with Crippen molar-refractivity contribution in [3.05, 3.63) is 58.6 Å². The molecular formula is C15H15BrN2O. The number of amides is 1. The molecule has 0 atom stereocenters. The van der Waals surface area contributed by atoms with Crippen molar-refractivity contribution in [2.45, 2.75) is 6.42 Å². The van der Waals surface area contributed by atoms with Gasteiger partial charge in [-0.05, 0) is 42.0 Å². The summed E-state index contributed by atoms with van der Waals surface area (Å²) in [5.41, 5.74) is 8.16. The fourth-order valence-electron chi connectivity index (χ4n) is 1.74. The predicted octanol–water partition coefficient (Wildman–Crippen LogP) is 3.24. The van der Waals surface area contributed by atoms with Crippen LogP contribution >= 0.6 is 15.9 Å². The molecule has 0 aliphatic carbocycles. The third-order valence-corrected chi connectivity index (χ3v) is 3.45. The van der Waals surface area contributed by atoms with Crippen LogP contribution in [-0.4, -0.2) is 13.0 Å². The zero-order chi connectivity index (χ0) is 13.8. The summed E-state index contributed by atoms with van der Waals surface area (Å²) in [7, 11) is 1.77. The molecule has 0 saturated carbocycles. The first-order valence-electron chi connectivity index (χ1n) is 5.93. The van der Waals surface area contributed by atoms with Crippen LogP contribution in [0.2, 0.25) is 0 Å². The number of likely N-dealkylation sites (N-methyl/N-ethyl adjacent to an activating group) is 1. The first kappa shape index (κ1) is 13.6. The molecule has 0 spiro atoms. The second-order valence-electron chi connectivity index (χ2n) is 4.35. The van der Waals surface area contributed by atoms with E-state index in [1.807, 2.05) is 36.4 Å². The van der Waals surface area contributed by atoms with Gasteiger partial charge in [0.25, 0.3) is 0 Å². The standard InChI is InChI=1S/C15H15BrN2O/c1-18(14-8-6-13(17)7-9-14)15(19)10-11-2-4-12(16)5-3-11/h2-9H,10,17H2,1H3. The lowest BCUT2D eigenvalue weighted by atomic mass is 10.1. The van der Waals surface area contributed by atoms with Gasteiger partial charge in [0, 0.05) is 22.9 Å². The number of carbonyl (C=O) groups excluding carboxylic acids is 1. The number of hydrogen-bond acceptors (Lipinski definition) is 2. The van der Waals surface area contributed by atoms with Crippen LogP contribution in [0.15, 0.2) is 53.0 Å². The van der Waals surface area contributed by atoms with Gasteiger partial charge in [-0.15, -0.1) is 0 Å². The van der Waals surface area contributed by atoms with Gasteiger partial charge < -0.3 is 10.6 Å². The minimum absolute atomic E-state index is 0.0482. The molecule has 2 aromatic rings. The Kier molecular flexibility index (Phi) is 4.22. The molecule has 98 valence electrons. The van der Waals surface area contributed by atoms with Crippen molar-refractivity contribution in [1.29, 1.82) is 0 Å². The highest BCUT2D eigenvalue weighted by Gasteiger charge is 2.11. The number of hydrogen-bond donors (Lipinski definition) is 1. The molecule has 0 fully saturated rings. The number of nitrogen functional groups attached to an aromatic ring is 1. The molecule has 0 aliphatic heterocycles. The minimum Gasteiger partial charge on any atom is -0.399 e. The lowest BCUT2D eigenvalue weighted by Crippen LogP contribution is -2.27. The van der Waals surface area contributed by atoms with Gasteiger partial charge in [0.15, 0.2) is 0 Å². The predicted molar refractivity (Wildman–Crippen MR) is 82.1 cm³/mol. The first-order valence-corrected chi connectivity index (χ1v) is 6.72. The number of benzene rings is 2. The number of halogens is 1. The topological polar surface area (TPSA) is 46.3 Å². The summed E-state index contributed by atoms with van der Waals surface area (Å²) >= 11 is 3.38. The number of anilines is 2. The van der Waals surface area contributed by atoms with E-state index >= 15 is 0 Å². The highest BCUT2D eigenvalue weighted by Crippen LogP contribution is 2.17. The van der Waals surface area contributed by atoms with Gasteiger partial charge in [0.05, 0.1) is 6.42 Å². The second-order valence-corrected chi connectivity index (χ2v) is 5.26. The number of nitrogens with zero attached hydrogens (tertiary/aromatic N) is 1. The van der Waals surface area contributed by atoms with Gasteiger partial charge in [-0.3, -0.25) is 4.79 Å². The van der Waals surface area contributed by atoms with Crippen LogP contribution in [0.4, 0.5) is 11.4 Å². The summed E-state index contributed by atoms with van der Waals surface area (Å²) in [6, 6.07) is 15.0. The van der Waals surface area contributed by atoms with E-state index in [2.05, 4.69) is 15.9 Å². The molecule has 2 rings (SSSR count). The first-order chi connectivity index (χ1) is 9.06. The Morgan fingerprint density at radius 2 is 1.68 bits per heavy atom. The normalized spacial score (nSPS) is 10.2. The summed E-state index contributed by atoms with van der Waals surface area (Å²) in [5.74, 6) is 0.0482. The van der Waals surface area contributed by atoms with Crippen molar-refractivity contribution in [2.24, 2.45) is 0 Å². The van der Waals surface area contributed by atoms with Crippen LogP contribution in [0.5, 0.6) is 0 Å². The van der Waals surface area contributed by atoms with E-state index in [1.54, 1.807) is 24.1 Å². The molecule has 1 amide bonds. The lowest BCUT2D eigenvalue weighted by Gasteiger charge is -2.17. The maximum absolute atomic E-state index is 12.2. The van der Waals surface area contributed by atoms with Gasteiger partial charge in [-0.1, -0.05) is 28.1 Å². The summed E-state index contributed by atoms with van der Waals surface area (Å²) in [6.07, 6.45) is 0.383. The van der Waals surface area contributed by atoms with E-state index in [0.717, 1.165) is 15.7 Å². The van der Waals surface area contributed by atoms with E-state index in [1.165, 1.54) is 0 Å². The highest BCUT2D eigenvalue weighted by molar-refractivity contribution is 9.10. The average Bonchev–Trinajstić information content (AvgIpc) is 2.41. The van der Waals surface area contributed by atoms with E-state index < -0.39 is 0 Å². The van der Waals surface area contributed by atoms with Crippen molar-refractivity contribution >= 4 is 33.2 Å². The Morgan fingerprint density at radius 1 is 1.11 bits per heavy atom. The highest BCUT2D eigenvalue weighted by atomic mass is 79.9. The van der Waals surface area contributed by atoms with E-state index in [9.17, 15) is 4.79 Å². The molecule has 2 N–H and O–H groups in total. The number of carbonyl (C=O) groups is 1. The largest absolute Gasteiger partial charge is 0.399 e. The fraction of sp³-hybridized carbons (Fsp3) is 0.133. The van der Waals surface area contributed by atoms with Crippen LogP contribution in [0.1, 0.15) is 5.56 Å². The van der Waals surface area contributed by atoms with Crippen molar-refractivity contribution in [3.63, 3.8) is 0 Å². The lowest BCUT2D eigenvalue weighted by molar-refractivity contribution is -0.117. The van der Waals surface area contributed by atoms with Crippen molar-refractivity contribution < 1.29 is 4.79 Å². The zero-order valence-corrected chi connectivity index (χ0v) is 12.2. The zero-order valence-electron chi connectivity index (χ0n) is 10.6. The van der Waals surface area contributed by atoms with Crippen molar-refractivity contribution in [1.82, 2.24) is 0 Å². The fourth-order valence-corrected chi connectivity index (χ4v) is 2.00. The van der Waals surface area contributed by atoms with Crippen molar-refractivity contribution in [3.8, 4) is 0 Å². The summed E-state index contributed by atoms with van der Waals surface area (Å²) < 4.78 is 1.01. The summed E-state index contributed by atoms with van der Waals surface area (Å²) in [6.45, 7) is 0. The van der Waals surface area contributed by atoms with Gasteiger partial charge in [-0.25, -0.2) is 0 Å². The SMILES string of the molecule is CN(C(=O)Cc1ccc(Br)cc1)c1ccc(N)cc1. The number of nitrogens with two attached hydrogens (primary N) is 1. The summed E-state index contributed by atoms with van der Waals surface area (Å²) in [4.78, 5) is 13.8. The van der Waals surface area contributed by atoms with Crippen LogP contribution in [0.25, 0.3) is 0 Å². The molecule has 0 unspecified atom stereocenters. The third-order valence-electron chi connectivity index (χ3n) is 2.92. The smallest absolute Gasteiger partial charge is 0.231 e. The van der Waals surface area contributed by atoms with Crippen molar-refractivity contribution in [2.75, 3.05) is 17.7 Å². The van der Waals surface area contributed by atoms with Crippen LogP contribution < -0.4 is 10.6 Å². The Balaban J connectivity index is 2.07. The van der Waals surface area contributed by atoms with Gasteiger partial charge in [-0.2, -0.15) is 0 Å². The van der Waals surface area contributed by atoms with Gasteiger partial charge in [0.1, 0.15) is 0 Å². The Labute approximate surface area is 121 Å². The molecule has 0 aromatic heterocycles. The molecule has 3 nitrogen and oxygen atoms in total. The molecule has 4 heteroatoms. The van der Waals surface area contributed by atoms with Gasteiger partial charge >= 0.3 is 0 Å². The number of rotatable bonds is 3. The molecule has 2 aromatic carbocycles. The Morgan fingerprint density at radius 3 is 2.26 bits per heavy atom. The van der Waals surface area contributed by atoms with Crippen LogP contribution in [0, 0.1) is 0 Å². The Hall–Kier alpha value is -1.81. The quantitative estimate of drug-likeness (QED) is 0.883. The molecular weight excluding hydrogens is 304 g/mol. The van der Waals surface area contributed by atoms with Crippen LogP contribution in [0.3, 0.4) is 0 Å². The Bertz CT molecular complexity index is 564. The molecule has 0 radical (unpaired) electrons. The maximum Gasteiger partial charge on any atom is 0.231 e. The molecule has 0 bridgehead atoms. The molecule has 0 aliphatic rings. The van der Waals surface area contributed by atoms with E-state index in [4.69, 9.17) is 5.73 Å². The third kappa shape index (κ3) is 3.58. The molecule has 19 heavy (non-hydrogen) atoms. The average molecular weight is 319 g/mol. The van der Waals surface area contributed by atoms with E-state index in [0.29, 0.717) is 12.1 Å². The summed E-state index contributed by atoms with van der Waals surface area (Å²) in [5, 5.41) is 0. The minimum atomic E-state index is 0.0482. The maximum atomic E-state index is 12.2. The van der Waals surface area contributed by atoms with Gasteiger partial charge in [0.2, 0.25) is 5.91 Å².